The van der Waals surface area contributed by atoms with Gasteiger partial charge in [-0.05, 0) is 31.6 Å². The zero-order valence-corrected chi connectivity index (χ0v) is 10.5. The fourth-order valence-electron chi connectivity index (χ4n) is 2.99. The van der Waals surface area contributed by atoms with Gasteiger partial charge in [0.25, 0.3) is 0 Å². The van der Waals surface area contributed by atoms with E-state index in [-0.39, 0.29) is 18.1 Å². The summed E-state index contributed by atoms with van der Waals surface area (Å²) in [5, 5.41) is 15.4. The first-order chi connectivity index (χ1) is 8.25. The summed E-state index contributed by atoms with van der Waals surface area (Å²) >= 11 is 0. The minimum absolute atomic E-state index is 0.0731. The average molecular weight is 240 g/mol. The summed E-state index contributed by atoms with van der Waals surface area (Å²) in [7, 11) is 0. The monoisotopic (exact) mass is 240 g/mol. The van der Waals surface area contributed by atoms with E-state index in [1.165, 1.54) is 25.7 Å². The molecule has 0 aromatic heterocycles. The maximum atomic E-state index is 11.6. The zero-order chi connectivity index (χ0) is 12.1. The second kappa shape index (κ2) is 6.24. The molecule has 2 saturated carbocycles. The molecule has 0 radical (unpaired) electrons. The number of carbonyl (C=O) groups is 1. The third-order valence-corrected chi connectivity index (χ3v) is 4.17. The number of nitrogens with one attached hydrogen (secondary N) is 2. The molecule has 0 spiro atoms. The Morgan fingerprint density at radius 1 is 1.00 bits per heavy atom. The first kappa shape index (κ1) is 12.7. The number of hydrogen-bond donors (Lipinski definition) is 3. The molecule has 2 aliphatic carbocycles. The highest BCUT2D eigenvalue weighted by atomic mass is 16.3. The van der Waals surface area contributed by atoms with Gasteiger partial charge in [-0.25, -0.2) is 4.79 Å². The molecule has 0 heterocycles. The van der Waals surface area contributed by atoms with Crippen molar-refractivity contribution in [3.63, 3.8) is 0 Å². The van der Waals surface area contributed by atoms with Gasteiger partial charge in [-0.2, -0.15) is 0 Å². The van der Waals surface area contributed by atoms with E-state index in [4.69, 9.17) is 0 Å². The highest BCUT2D eigenvalue weighted by molar-refractivity contribution is 5.73. The third kappa shape index (κ3) is 3.87. The summed E-state index contributed by atoms with van der Waals surface area (Å²) in [6, 6.07) is -0.0731. The van der Waals surface area contributed by atoms with Crippen molar-refractivity contribution in [3.8, 4) is 0 Å². The molecule has 3 N–H and O–H groups in total. The molecular formula is C13H24N2O2. The third-order valence-electron chi connectivity index (χ3n) is 4.17. The van der Waals surface area contributed by atoms with Crippen LogP contribution in [0.1, 0.15) is 44.9 Å². The van der Waals surface area contributed by atoms with Crippen molar-refractivity contribution in [1.82, 2.24) is 10.6 Å². The van der Waals surface area contributed by atoms with Crippen LogP contribution in [0.2, 0.25) is 0 Å². The lowest BCUT2D eigenvalue weighted by molar-refractivity contribution is 0.132. The minimum atomic E-state index is -0.217. The molecular weight excluding hydrogens is 216 g/mol. The summed E-state index contributed by atoms with van der Waals surface area (Å²) in [4.78, 5) is 11.6. The molecule has 0 unspecified atom stereocenters. The van der Waals surface area contributed by atoms with E-state index in [1.807, 2.05) is 0 Å². The molecule has 0 aliphatic heterocycles. The number of aliphatic hydroxyl groups excluding tert-OH is 1. The van der Waals surface area contributed by atoms with Gasteiger partial charge in [0, 0.05) is 19.0 Å². The van der Waals surface area contributed by atoms with Crippen LogP contribution in [0.25, 0.3) is 0 Å². The molecule has 0 aromatic carbocycles. The van der Waals surface area contributed by atoms with Crippen molar-refractivity contribution in [2.24, 2.45) is 11.8 Å². The normalized spacial score (nSPS) is 29.5. The summed E-state index contributed by atoms with van der Waals surface area (Å²) < 4.78 is 0. The van der Waals surface area contributed by atoms with Crippen molar-refractivity contribution in [2.45, 2.75) is 51.0 Å². The number of amides is 2. The van der Waals surface area contributed by atoms with Gasteiger partial charge in [0.2, 0.25) is 0 Å². The van der Waals surface area contributed by atoms with Gasteiger partial charge in [0.05, 0.1) is 6.10 Å². The second-order valence-corrected chi connectivity index (χ2v) is 5.50. The number of hydrogen-bond acceptors (Lipinski definition) is 2. The van der Waals surface area contributed by atoms with Gasteiger partial charge in [-0.1, -0.05) is 19.3 Å². The van der Waals surface area contributed by atoms with E-state index in [0.29, 0.717) is 12.5 Å². The van der Waals surface area contributed by atoms with Crippen molar-refractivity contribution >= 4 is 6.03 Å². The molecule has 2 amide bonds. The van der Waals surface area contributed by atoms with Gasteiger partial charge in [0.15, 0.2) is 0 Å². The molecule has 0 aromatic rings. The summed E-state index contributed by atoms with van der Waals surface area (Å²) in [5.74, 6) is 0.935. The number of aliphatic hydroxyl groups is 1. The smallest absolute Gasteiger partial charge is 0.314 e. The molecule has 2 fully saturated rings. The second-order valence-electron chi connectivity index (χ2n) is 5.50. The Morgan fingerprint density at radius 2 is 1.71 bits per heavy atom. The largest absolute Gasteiger partial charge is 0.393 e. The van der Waals surface area contributed by atoms with Crippen LogP contribution in [0, 0.1) is 11.8 Å². The van der Waals surface area contributed by atoms with Gasteiger partial charge in [-0.15, -0.1) is 0 Å². The first-order valence-corrected chi connectivity index (χ1v) is 6.95. The molecule has 0 bridgehead atoms. The van der Waals surface area contributed by atoms with E-state index >= 15 is 0 Å². The minimum Gasteiger partial charge on any atom is -0.393 e. The van der Waals surface area contributed by atoms with Gasteiger partial charge in [0.1, 0.15) is 0 Å². The quantitative estimate of drug-likeness (QED) is 0.699. The Balaban J connectivity index is 1.57. The standard InChI is InChI=1S/C13H24N2O2/c16-12-7-3-6-11(12)9-15-13(17)14-8-10-4-1-2-5-10/h10-12,16H,1-9H2,(H2,14,15,17)/t11-,12-/m0/s1. The first-order valence-electron chi connectivity index (χ1n) is 6.95. The summed E-state index contributed by atoms with van der Waals surface area (Å²) in [5.41, 5.74) is 0. The molecule has 17 heavy (non-hydrogen) atoms. The molecule has 98 valence electrons. The Kier molecular flexibility index (Phi) is 4.66. The SMILES string of the molecule is O=C(NCC1CCCC1)NC[C@@H]1CCC[C@@H]1O. The van der Waals surface area contributed by atoms with E-state index in [1.54, 1.807) is 0 Å². The zero-order valence-electron chi connectivity index (χ0n) is 10.5. The fraction of sp³-hybridized carbons (Fsp3) is 0.923. The molecule has 4 nitrogen and oxygen atoms in total. The highest BCUT2D eigenvalue weighted by Gasteiger charge is 2.25. The average Bonchev–Trinajstić information content (AvgIpc) is 2.95. The van der Waals surface area contributed by atoms with Crippen LogP contribution in [0.15, 0.2) is 0 Å². The van der Waals surface area contributed by atoms with Crippen LogP contribution >= 0.6 is 0 Å². The van der Waals surface area contributed by atoms with Crippen molar-refractivity contribution in [2.75, 3.05) is 13.1 Å². The highest BCUT2D eigenvalue weighted by Crippen LogP contribution is 2.25. The van der Waals surface area contributed by atoms with Crippen LogP contribution in [-0.2, 0) is 0 Å². The number of urea groups is 1. The fourth-order valence-corrected chi connectivity index (χ4v) is 2.99. The summed E-state index contributed by atoms with van der Waals surface area (Å²) in [6.07, 6.45) is 7.90. The lowest BCUT2D eigenvalue weighted by atomic mass is 10.1. The van der Waals surface area contributed by atoms with Crippen LogP contribution < -0.4 is 10.6 Å². The van der Waals surface area contributed by atoms with Crippen molar-refractivity contribution in [3.05, 3.63) is 0 Å². The van der Waals surface area contributed by atoms with E-state index in [2.05, 4.69) is 10.6 Å². The maximum absolute atomic E-state index is 11.6. The molecule has 0 saturated heterocycles. The lowest BCUT2D eigenvalue weighted by Gasteiger charge is -2.16. The van der Waals surface area contributed by atoms with Crippen LogP contribution in [0.4, 0.5) is 4.79 Å². The van der Waals surface area contributed by atoms with E-state index in [9.17, 15) is 9.90 Å². The molecule has 2 rings (SSSR count). The number of carbonyl (C=O) groups excluding carboxylic acids is 1. The predicted octanol–water partition coefficient (Wildman–Crippen LogP) is 1.64. The van der Waals surface area contributed by atoms with Crippen LogP contribution in [0.3, 0.4) is 0 Å². The number of rotatable bonds is 4. The predicted molar refractivity (Wildman–Crippen MR) is 66.7 cm³/mol. The van der Waals surface area contributed by atoms with Crippen molar-refractivity contribution < 1.29 is 9.90 Å². The summed E-state index contributed by atoms with van der Waals surface area (Å²) in [6.45, 7) is 1.41. The van der Waals surface area contributed by atoms with Gasteiger partial charge >= 0.3 is 6.03 Å². The lowest BCUT2D eigenvalue weighted by Crippen LogP contribution is -2.41. The Bertz CT molecular complexity index is 252. The van der Waals surface area contributed by atoms with Gasteiger partial charge < -0.3 is 15.7 Å². The molecule has 4 heteroatoms. The Labute approximate surface area is 103 Å². The van der Waals surface area contributed by atoms with Crippen LogP contribution in [-0.4, -0.2) is 30.3 Å². The van der Waals surface area contributed by atoms with Crippen molar-refractivity contribution in [1.29, 1.82) is 0 Å². The molecule has 2 aliphatic rings. The Morgan fingerprint density at radius 3 is 2.35 bits per heavy atom. The van der Waals surface area contributed by atoms with Gasteiger partial charge in [-0.3, -0.25) is 0 Å². The Hall–Kier alpha value is -0.770. The maximum Gasteiger partial charge on any atom is 0.314 e. The topological polar surface area (TPSA) is 61.4 Å². The van der Waals surface area contributed by atoms with E-state index in [0.717, 1.165) is 25.8 Å². The van der Waals surface area contributed by atoms with Crippen LogP contribution in [0.5, 0.6) is 0 Å². The van der Waals surface area contributed by atoms with E-state index < -0.39 is 0 Å². The molecule has 2 atom stereocenters.